The van der Waals surface area contributed by atoms with Gasteiger partial charge in [0.15, 0.2) is 0 Å². The summed E-state index contributed by atoms with van der Waals surface area (Å²) in [5.41, 5.74) is 0. The van der Waals surface area contributed by atoms with Crippen molar-refractivity contribution in [2.75, 3.05) is 61.2 Å². The highest BCUT2D eigenvalue weighted by Gasteiger charge is 2.41. The van der Waals surface area contributed by atoms with Gasteiger partial charge in [-0.1, -0.05) is 6.92 Å². The Balaban J connectivity index is 3.06. The second kappa shape index (κ2) is 19.9. The Morgan fingerprint density at radius 3 is 1.81 bits per heavy atom. The van der Waals surface area contributed by atoms with E-state index < -0.39 is 104 Å². The lowest BCUT2D eigenvalue weighted by molar-refractivity contribution is -0.168. The van der Waals surface area contributed by atoms with Gasteiger partial charge >= 0.3 is 29.8 Å². The van der Waals surface area contributed by atoms with Crippen LogP contribution in [0.5, 0.6) is 0 Å². The number of esters is 5. The summed E-state index contributed by atoms with van der Waals surface area (Å²) in [6, 6.07) is 0. The second-order valence-electron chi connectivity index (χ2n) is 9.96. The van der Waals surface area contributed by atoms with Crippen LogP contribution in [0.3, 0.4) is 0 Å². The van der Waals surface area contributed by atoms with Crippen LogP contribution in [-0.2, 0) is 66.7 Å². The molecule has 1 saturated heterocycles. The van der Waals surface area contributed by atoms with E-state index in [0.29, 0.717) is 13.2 Å². The largest absolute Gasteiger partial charge is 0.469 e. The number of methoxy groups -OCH3 is 3. The number of ether oxygens (including phenoxy) is 8. The number of aliphatic hydroxyl groups excluding tert-OH is 2. The molecule has 2 N–H and O–H groups in total. The Morgan fingerprint density at radius 1 is 0.721 bits per heavy atom. The molecule has 0 aromatic heterocycles. The summed E-state index contributed by atoms with van der Waals surface area (Å²) in [5, 5.41) is 19.7. The van der Waals surface area contributed by atoms with Crippen molar-refractivity contribution in [1.82, 2.24) is 0 Å². The van der Waals surface area contributed by atoms with E-state index in [4.69, 9.17) is 28.4 Å². The van der Waals surface area contributed by atoms with Gasteiger partial charge in [-0.3, -0.25) is 28.8 Å². The van der Waals surface area contributed by atoms with Crippen molar-refractivity contribution in [3.8, 4) is 0 Å². The zero-order chi connectivity index (χ0) is 32.5. The van der Waals surface area contributed by atoms with E-state index in [2.05, 4.69) is 9.47 Å². The van der Waals surface area contributed by atoms with Gasteiger partial charge in [0, 0.05) is 12.8 Å². The third kappa shape index (κ3) is 14.7. The summed E-state index contributed by atoms with van der Waals surface area (Å²) in [6.07, 6.45) is -4.37. The molecule has 0 spiro atoms. The van der Waals surface area contributed by atoms with Crippen molar-refractivity contribution in [1.29, 1.82) is 0 Å². The van der Waals surface area contributed by atoms with E-state index >= 15 is 0 Å². The molecule has 1 heterocycles. The molecule has 0 bridgehead atoms. The third-order valence-corrected chi connectivity index (χ3v) is 6.35. The Bertz CT molecular complexity index is 930. The van der Waals surface area contributed by atoms with E-state index in [1.807, 2.05) is 0 Å². The van der Waals surface area contributed by atoms with Gasteiger partial charge in [-0.25, -0.2) is 0 Å². The minimum absolute atomic E-state index is 0.0240. The van der Waals surface area contributed by atoms with Crippen LogP contribution in [0.25, 0.3) is 0 Å². The van der Waals surface area contributed by atoms with E-state index in [-0.39, 0.29) is 19.5 Å². The highest BCUT2D eigenvalue weighted by molar-refractivity contribution is 5.92. The molecule has 0 aromatic carbocycles. The molecule has 16 heteroatoms. The van der Waals surface area contributed by atoms with E-state index in [1.54, 1.807) is 0 Å². The Morgan fingerprint density at radius 2 is 1.28 bits per heavy atom. The molecule has 16 nitrogen and oxygen atoms in total. The summed E-state index contributed by atoms with van der Waals surface area (Å²) >= 11 is 0. The molecule has 1 fully saturated rings. The number of aliphatic hydroxyl groups is 2. The number of carbonyl (C=O) groups is 6. The first-order chi connectivity index (χ1) is 20.3. The molecule has 43 heavy (non-hydrogen) atoms. The van der Waals surface area contributed by atoms with Crippen LogP contribution in [0.2, 0.25) is 0 Å². The van der Waals surface area contributed by atoms with Crippen molar-refractivity contribution in [2.45, 2.75) is 51.4 Å². The molecule has 0 aromatic rings. The van der Waals surface area contributed by atoms with Crippen LogP contribution in [0.4, 0.5) is 0 Å². The monoisotopic (exact) mass is 622 g/mol. The summed E-state index contributed by atoms with van der Waals surface area (Å²) in [6.45, 7) is 2.12. The summed E-state index contributed by atoms with van der Waals surface area (Å²) in [7, 11) is 3.22. The molecule has 246 valence electrons. The Labute approximate surface area is 249 Å². The van der Waals surface area contributed by atoms with Crippen LogP contribution < -0.4 is 0 Å². The minimum Gasteiger partial charge on any atom is -0.469 e. The number of hydrogen-bond acceptors (Lipinski definition) is 16. The molecule has 1 aliphatic heterocycles. The van der Waals surface area contributed by atoms with Crippen molar-refractivity contribution in [3.05, 3.63) is 0 Å². The van der Waals surface area contributed by atoms with Gasteiger partial charge in [0.2, 0.25) is 0 Å². The van der Waals surface area contributed by atoms with Gasteiger partial charge in [-0.2, -0.15) is 0 Å². The number of rotatable bonds is 22. The maximum atomic E-state index is 13.1. The molecule has 1 rings (SSSR count). The van der Waals surface area contributed by atoms with Crippen LogP contribution in [0.1, 0.15) is 33.1 Å². The lowest BCUT2D eigenvalue weighted by atomic mass is 9.82. The summed E-state index contributed by atoms with van der Waals surface area (Å²) in [5.74, 6) is -11.2. The van der Waals surface area contributed by atoms with Crippen LogP contribution in [0.15, 0.2) is 0 Å². The van der Waals surface area contributed by atoms with Gasteiger partial charge in [0.25, 0.3) is 0 Å². The lowest BCUT2D eigenvalue weighted by Crippen LogP contribution is -2.38. The Hall–Kier alpha value is -3.18. The lowest BCUT2D eigenvalue weighted by Gasteiger charge is -2.25. The first-order valence-corrected chi connectivity index (χ1v) is 13.5. The SMILES string of the molecule is COC(=O)CC(C(=O)OCC(O)COCOCC1CO1)C(CC(=O)CC(C(=O)OC)C(C)C(=O)OC)C(=O)OCC(C)O. The van der Waals surface area contributed by atoms with Crippen molar-refractivity contribution < 1.29 is 76.9 Å². The second-order valence-corrected chi connectivity index (χ2v) is 9.96. The van der Waals surface area contributed by atoms with Gasteiger partial charge in [-0.05, 0) is 6.92 Å². The van der Waals surface area contributed by atoms with Crippen molar-refractivity contribution in [3.63, 3.8) is 0 Å². The fourth-order valence-corrected chi connectivity index (χ4v) is 3.81. The summed E-state index contributed by atoms with van der Waals surface area (Å²) < 4.78 is 39.5. The van der Waals surface area contributed by atoms with E-state index in [0.717, 1.165) is 21.3 Å². The molecule has 7 unspecified atom stereocenters. The quantitative estimate of drug-likeness (QED) is 0.0483. The topological polar surface area (TPSA) is 220 Å². The molecule has 0 aliphatic carbocycles. The zero-order valence-corrected chi connectivity index (χ0v) is 25.0. The number of carbonyl (C=O) groups excluding carboxylic acids is 6. The van der Waals surface area contributed by atoms with Crippen LogP contribution >= 0.6 is 0 Å². The number of hydrogen-bond donors (Lipinski definition) is 2. The summed E-state index contributed by atoms with van der Waals surface area (Å²) in [4.78, 5) is 75.9. The van der Waals surface area contributed by atoms with Gasteiger partial charge in [0.1, 0.15) is 38.0 Å². The maximum absolute atomic E-state index is 13.1. The normalized spacial score (nSPS) is 18.2. The Kier molecular flexibility index (Phi) is 17.5. The van der Waals surface area contributed by atoms with Crippen molar-refractivity contribution >= 4 is 35.6 Å². The van der Waals surface area contributed by atoms with Gasteiger partial charge in [-0.15, -0.1) is 0 Å². The molecule has 0 radical (unpaired) electrons. The van der Waals surface area contributed by atoms with Crippen LogP contribution in [0, 0.1) is 23.7 Å². The van der Waals surface area contributed by atoms with Crippen molar-refractivity contribution in [2.24, 2.45) is 23.7 Å². The molecular weight excluding hydrogens is 580 g/mol. The highest BCUT2D eigenvalue weighted by atomic mass is 16.7. The van der Waals surface area contributed by atoms with Gasteiger partial charge < -0.3 is 48.1 Å². The average Bonchev–Trinajstić information content (AvgIpc) is 3.82. The first-order valence-electron chi connectivity index (χ1n) is 13.5. The predicted octanol–water partition coefficient (Wildman–Crippen LogP) is -1.05. The minimum atomic E-state index is -1.63. The predicted molar refractivity (Wildman–Crippen MR) is 141 cm³/mol. The van der Waals surface area contributed by atoms with E-state index in [1.165, 1.54) is 13.8 Å². The fourth-order valence-electron chi connectivity index (χ4n) is 3.81. The zero-order valence-electron chi connectivity index (χ0n) is 25.0. The standard InChI is InChI=1S/C27H42O16/c1-15(28)9-42-26(34)21(7-17(29)6-20(25(33)38-5)16(2)24(32)37-4)22(8-23(31)36-3)27(35)43-11-18(30)10-39-14-40-12-19-13-41-19/h15-16,18-22,28,30H,6-14H2,1-5H3. The first kappa shape index (κ1) is 37.8. The molecule has 0 amide bonds. The average molecular weight is 623 g/mol. The molecule has 1 aliphatic rings. The maximum Gasteiger partial charge on any atom is 0.310 e. The van der Waals surface area contributed by atoms with Crippen LogP contribution in [-0.4, -0.2) is 125 Å². The highest BCUT2D eigenvalue weighted by Crippen LogP contribution is 2.28. The molecule has 0 saturated carbocycles. The smallest absolute Gasteiger partial charge is 0.310 e. The fraction of sp³-hybridized carbons (Fsp3) is 0.778. The number of epoxide rings is 1. The molecular formula is C27H42O16. The molecule has 7 atom stereocenters. The number of Topliss-reactive ketones (excluding diaryl/α,β-unsaturated/α-hetero) is 1. The van der Waals surface area contributed by atoms with E-state index in [9.17, 15) is 39.0 Å². The third-order valence-electron chi connectivity index (χ3n) is 6.35. The van der Waals surface area contributed by atoms with Gasteiger partial charge in [0.05, 0.1) is 77.3 Å². The number of ketones is 1.